The summed E-state index contributed by atoms with van der Waals surface area (Å²) < 4.78 is 26.8. The molecule has 0 aliphatic heterocycles. The Morgan fingerprint density at radius 3 is 2.54 bits per heavy atom. The van der Waals surface area contributed by atoms with E-state index in [2.05, 4.69) is 16.9 Å². The van der Waals surface area contributed by atoms with E-state index in [9.17, 15) is 18.0 Å². The van der Waals surface area contributed by atoms with Crippen LogP contribution in [0.1, 0.15) is 17.3 Å². The Kier molecular flexibility index (Phi) is 5.89. The van der Waals surface area contributed by atoms with Gasteiger partial charge in [-0.3, -0.25) is 14.3 Å². The normalized spacial score (nSPS) is 10.8. The number of carbonyl (C=O) groups excluding carboxylic acids is 2. The van der Waals surface area contributed by atoms with Crippen LogP contribution in [-0.4, -0.2) is 25.1 Å². The molecule has 0 aromatic heterocycles. The van der Waals surface area contributed by atoms with Crippen LogP contribution in [0.3, 0.4) is 0 Å². The number of hydrogen-bond donors (Lipinski definition) is 1. The molecular formula is C16H12ClNO4S2. The molecule has 0 atom stereocenters. The van der Waals surface area contributed by atoms with Gasteiger partial charge in [-0.05, 0) is 36.4 Å². The molecule has 0 spiro atoms. The van der Waals surface area contributed by atoms with Crippen molar-refractivity contribution in [2.45, 2.75) is 11.8 Å². The monoisotopic (exact) mass is 381 g/mol. The van der Waals surface area contributed by atoms with Crippen molar-refractivity contribution in [2.75, 3.05) is 10.5 Å². The third-order valence-corrected chi connectivity index (χ3v) is 5.22. The third-order valence-electron chi connectivity index (χ3n) is 2.81. The SMILES string of the molecule is CC(=O)SCC(=O)c1c#cc(NS(=O)(=O)c2cccc(Cl)c2)cc1. The lowest BCUT2D eigenvalue weighted by molar-refractivity contribution is -0.109. The summed E-state index contributed by atoms with van der Waals surface area (Å²) in [5, 5.41) is 0.149. The summed E-state index contributed by atoms with van der Waals surface area (Å²) in [7, 11) is -3.81. The maximum atomic E-state index is 12.2. The largest absolute Gasteiger partial charge is 0.293 e. The fraction of sp³-hybridized carbons (Fsp3) is 0.125. The molecule has 0 saturated carbocycles. The molecule has 0 bridgehead atoms. The Hall–Kier alpha value is -2.01. The molecule has 2 aromatic rings. The van der Waals surface area contributed by atoms with Crippen molar-refractivity contribution in [3.05, 3.63) is 59.1 Å². The Bertz CT molecular complexity index is 864. The maximum Gasteiger partial charge on any atom is 0.262 e. The van der Waals surface area contributed by atoms with Gasteiger partial charge in [0, 0.05) is 11.9 Å². The van der Waals surface area contributed by atoms with Crippen LogP contribution in [0.15, 0.2) is 41.3 Å². The molecule has 8 heteroatoms. The van der Waals surface area contributed by atoms with Crippen LogP contribution in [0.2, 0.25) is 5.02 Å². The highest BCUT2D eigenvalue weighted by atomic mass is 35.5. The average molecular weight is 382 g/mol. The summed E-state index contributed by atoms with van der Waals surface area (Å²) in [6.07, 6.45) is 0. The molecule has 0 aliphatic carbocycles. The van der Waals surface area contributed by atoms with Crippen LogP contribution in [0, 0.1) is 12.1 Å². The molecule has 2 aromatic carbocycles. The molecule has 0 radical (unpaired) electrons. The molecule has 1 N–H and O–H groups in total. The first-order valence-corrected chi connectivity index (χ1v) is 9.51. The lowest BCUT2D eigenvalue weighted by Gasteiger charge is -2.06. The Labute approximate surface area is 149 Å². The van der Waals surface area contributed by atoms with Gasteiger partial charge in [0.05, 0.1) is 21.9 Å². The van der Waals surface area contributed by atoms with E-state index in [-0.39, 0.29) is 32.8 Å². The maximum absolute atomic E-state index is 12.2. The minimum absolute atomic E-state index is 0.00720. The van der Waals surface area contributed by atoms with Crippen molar-refractivity contribution >= 4 is 50.0 Å². The standard InChI is InChI=1S/C16H12ClNO4S2/c1-11(19)23-10-16(20)12-5-7-14(8-6-12)18-24(21,22)15-4-2-3-13(17)9-15/h2-5,7,9,18H,10H2,1H3. The summed E-state index contributed by atoms with van der Waals surface area (Å²) >= 11 is 6.69. The molecule has 0 unspecified atom stereocenters. The molecule has 2 rings (SSSR count). The smallest absolute Gasteiger partial charge is 0.262 e. The first kappa shape index (κ1) is 18.3. The van der Waals surface area contributed by atoms with Crippen molar-refractivity contribution in [2.24, 2.45) is 0 Å². The number of anilines is 1. The molecule has 0 saturated heterocycles. The zero-order chi connectivity index (χ0) is 17.7. The highest BCUT2D eigenvalue weighted by Crippen LogP contribution is 2.18. The van der Waals surface area contributed by atoms with E-state index < -0.39 is 10.0 Å². The number of thioether (sulfide) groups is 1. The van der Waals surface area contributed by atoms with Gasteiger partial charge in [-0.1, -0.05) is 35.5 Å². The van der Waals surface area contributed by atoms with E-state index in [0.717, 1.165) is 11.8 Å². The Morgan fingerprint density at radius 2 is 1.96 bits per heavy atom. The lowest BCUT2D eigenvalue weighted by Crippen LogP contribution is -2.12. The van der Waals surface area contributed by atoms with Gasteiger partial charge in [0.15, 0.2) is 10.9 Å². The van der Waals surface area contributed by atoms with E-state index in [0.29, 0.717) is 5.02 Å². The first-order chi connectivity index (χ1) is 11.3. The van der Waals surface area contributed by atoms with E-state index in [1.807, 2.05) is 0 Å². The number of Topliss-reactive ketones (excluding diaryl/α,β-unsaturated/α-hetero) is 1. The lowest BCUT2D eigenvalue weighted by atomic mass is 10.2. The number of halogens is 1. The number of nitrogens with one attached hydrogen (secondary N) is 1. The van der Waals surface area contributed by atoms with Gasteiger partial charge in [0.2, 0.25) is 0 Å². The van der Waals surface area contributed by atoms with Gasteiger partial charge in [0.1, 0.15) is 0 Å². The summed E-state index contributed by atoms with van der Waals surface area (Å²) in [5.41, 5.74) is 0.375. The van der Waals surface area contributed by atoms with Crippen LogP contribution < -0.4 is 4.72 Å². The van der Waals surface area contributed by atoms with Crippen molar-refractivity contribution in [1.29, 1.82) is 0 Å². The molecule has 0 heterocycles. The van der Waals surface area contributed by atoms with Crippen LogP contribution in [0.5, 0.6) is 0 Å². The highest BCUT2D eigenvalue weighted by Gasteiger charge is 2.15. The van der Waals surface area contributed by atoms with Crippen LogP contribution >= 0.6 is 23.4 Å². The highest BCUT2D eigenvalue weighted by molar-refractivity contribution is 8.14. The second-order valence-electron chi connectivity index (χ2n) is 4.68. The fourth-order valence-corrected chi connectivity index (χ4v) is 3.50. The molecule has 0 fully saturated rings. The number of ketones is 1. The molecule has 5 nitrogen and oxygen atoms in total. The third kappa shape index (κ3) is 4.99. The topological polar surface area (TPSA) is 80.3 Å². The van der Waals surface area contributed by atoms with Crippen LogP contribution in [0.4, 0.5) is 5.69 Å². The predicted molar refractivity (Wildman–Crippen MR) is 93.8 cm³/mol. The van der Waals surface area contributed by atoms with E-state index >= 15 is 0 Å². The second kappa shape index (κ2) is 7.71. The molecule has 24 heavy (non-hydrogen) atoms. The second-order valence-corrected chi connectivity index (χ2v) is 7.95. The van der Waals surface area contributed by atoms with Crippen molar-refractivity contribution < 1.29 is 18.0 Å². The fourth-order valence-electron chi connectivity index (χ4n) is 1.69. The zero-order valence-electron chi connectivity index (χ0n) is 12.5. The van der Waals surface area contributed by atoms with E-state index in [1.54, 1.807) is 6.07 Å². The number of rotatable bonds is 6. The Balaban J connectivity index is 2.11. The average Bonchev–Trinajstić information content (AvgIpc) is 2.53. The number of carbonyl (C=O) groups is 2. The molecule has 0 amide bonds. The first-order valence-electron chi connectivity index (χ1n) is 6.67. The number of hydrogen-bond acceptors (Lipinski definition) is 5. The summed E-state index contributed by atoms with van der Waals surface area (Å²) in [5.74, 6) is -0.275. The Morgan fingerprint density at radius 1 is 1.21 bits per heavy atom. The number of sulfonamides is 1. The predicted octanol–water partition coefficient (Wildman–Crippen LogP) is 3.20. The number of benzene rings is 1. The van der Waals surface area contributed by atoms with Crippen molar-refractivity contribution in [3.8, 4) is 0 Å². The van der Waals surface area contributed by atoms with Gasteiger partial charge in [0.25, 0.3) is 10.0 Å². The summed E-state index contributed by atoms with van der Waals surface area (Å²) in [6.45, 7) is 1.38. The quantitative estimate of drug-likeness (QED) is 0.777. The minimum atomic E-state index is -3.81. The molecular weight excluding hydrogens is 370 g/mol. The van der Waals surface area contributed by atoms with Gasteiger partial charge < -0.3 is 0 Å². The van der Waals surface area contributed by atoms with Crippen molar-refractivity contribution in [3.63, 3.8) is 0 Å². The minimum Gasteiger partial charge on any atom is -0.293 e. The van der Waals surface area contributed by atoms with Crippen LogP contribution in [0.25, 0.3) is 0 Å². The summed E-state index contributed by atoms with van der Waals surface area (Å²) in [6, 6.07) is 13.8. The van der Waals surface area contributed by atoms with Gasteiger partial charge >= 0.3 is 0 Å². The zero-order valence-corrected chi connectivity index (χ0v) is 14.9. The van der Waals surface area contributed by atoms with Crippen LogP contribution in [-0.2, 0) is 14.8 Å². The van der Waals surface area contributed by atoms with Crippen molar-refractivity contribution in [1.82, 2.24) is 0 Å². The molecule has 124 valence electrons. The van der Waals surface area contributed by atoms with Gasteiger partial charge in [-0.15, -0.1) is 0 Å². The molecule has 0 aliphatic rings. The van der Waals surface area contributed by atoms with E-state index in [4.69, 9.17) is 11.6 Å². The van der Waals surface area contributed by atoms with Gasteiger partial charge in [-0.2, -0.15) is 0 Å². The van der Waals surface area contributed by atoms with E-state index in [1.165, 1.54) is 37.3 Å². The summed E-state index contributed by atoms with van der Waals surface area (Å²) in [4.78, 5) is 22.7. The van der Waals surface area contributed by atoms with Gasteiger partial charge in [-0.25, -0.2) is 8.42 Å².